The number of hydrogen-bond acceptors (Lipinski definition) is 1. The summed E-state index contributed by atoms with van der Waals surface area (Å²) in [6.45, 7) is 8.68. The van der Waals surface area contributed by atoms with Crippen molar-refractivity contribution in [2.24, 2.45) is 5.92 Å². The van der Waals surface area contributed by atoms with E-state index in [1.54, 1.807) is 0 Å². The van der Waals surface area contributed by atoms with Gasteiger partial charge in [-0.3, -0.25) is 0 Å². The van der Waals surface area contributed by atoms with Crippen molar-refractivity contribution >= 4 is 22.6 Å². The highest BCUT2D eigenvalue weighted by molar-refractivity contribution is 5.90. The number of para-hydroxylation sites is 1. The van der Waals surface area contributed by atoms with Crippen LogP contribution in [0.5, 0.6) is 0 Å². The van der Waals surface area contributed by atoms with Gasteiger partial charge in [0, 0.05) is 33.6 Å². The maximum atomic E-state index is 5.14. The first-order valence-electron chi connectivity index (χ1n) is 17.6. The number of fused-ring (bicyclic) bond motifs is 1. The molecular weight excluding hydrogens is 607 g/mol. The molecule has 0 bridgehead atoms. The van der Waals surface area contributed by atoms with Gasteiger partial charge in [0.1, 0.15) is 0 Å². The summed E-state index contributed by atoms with van der Waals surface area (Å²) in [5.41, 5.74) is 16.2. The van der Waals surface area contributed by atoms with E-state index in [-0.39, 0.29) is 0 Å². The fourth-order valence-corrected chi connectivity index (χ4v) is 7.18. The van der Waals surface area contributed by atoms with Gasteiger partial charge in [-0.05, 0) is 110 Å². The number of rotatable bonds is 7. The monoisotopic (exact) mass is 647 g/mol. The fraction of sp³-hybridized carbons (Fsp3) is 0.128. The lowest BCUT2D eigenvalue weighted by Gasteiger charge is -2.18. The molecule has 3 nitrogen and oxygen atoms in total. The Balaban J connectivity index is 1.12. The van der Waals surface area contributed by atoms with E-state index in [1.165, 1.54) is 50.2 Å². The predicted molar refractivity (Wildman–Crippen MR) is 212 cm³/mol. The highest BCUT2D eigenvalue weighted by Gasteiger charge is 2.17. The molecular formula is C47H41N3. The lowest BCUT2D eigenvalue weighted by atomic mass is 9.97. The maximum absolute atomic E-state index is 5.14. The zero-order valence-electron chi connectivity index (χ0n) is 29.1. The molecule has 3 heteroatoms. The molecule has 0 N–H and O–H groups in total. The number of aromatic nitrogens is 3. The topological polar surface area (TPSA) is 22.8 Å². The highest BCUT2D eigenvalue weighted by atomic mass is 15.0. The Morgan fingerprint density at radius 1 is 0.640 bits per heavy atom. The van der Waals surface area contributed by atoms with Gasteiger partial charge < -0.3 is 9.13 Å². The van der Waals surface area contributed by atoms with Crippen molar-refractivity contribution < 1.29 is 0 Å². The van der Waals surface area contributed by atoms with Crippen molar-refractivity contribution in [3.05, 3.63) is 174 Å². The number of pyridine rings is 1. The van der Waals surface area contributed by atoms with Crippen molar-refractivity contribution in [3.8, 4) is 45.1 Å². The minimum absolute atomic E-state index is 0.569. The quantitative estimate of drug-likeness (QED) is 0.169. The highest BCUT2D eigenvalue weighted by Crippen LogP contribution is 2.35. The van der Waals surface area contributed by atoms with Crippen LogP contribution in [0, 0.1) is 19.8 Å². The third-order valence-electron chi connectivity index (χ3n) is 9.93. The molecule has 0 aliphatic heterocycles. The average molecular weight is 648 g/mol. The summed E-state index contributed by atoms with van der Waals surface area (Å²) in [7, 11) is 0. The van der Waals surface area contributed by atoms with Gasteiger partial charge in [-0.25, -0.2) is 4.98 Å². The summed E-state index contributed by atoms with van der Waals surface area (Å²) in [5.74, 6) is 0.569. The summed E-state index contributed by atoms with van der Waals surface area (Å²) in [5, 5.41) is 1.28. The number of benzene rings is 4. The average Bonchev–Trinajstić information content (AvgIpc) is 3.72. The third-order valence-corrected chi connectivity index (χ3v) is 9.93. The summed E-state index contributed by atoms with van der Waals surface area (Å²) >= 11 is 0. The Hall–Kier alpha value is -5.93. The zero-order valence-corrected chi connectivity index (χ0v) is 29.1. The SMILES string of the molecule is CC=Cc1c(C)c2ccccc2n1-c1ccc(-c2cccc(-c3ccc(-n4c(C5=CCC(C)C=C5)ccc4-c4ccc(C)cc4)cc3)n2)cc1. The van der Waals surface area contributed by atoms with E-state index < -0.39 is 0 Å². The van der Waals surface area contributed by atoms with Crippen LogP contribution < -0.4 is 0 Å². The maximum Gasteiger partial charge on any atom is 0.0709 e. The summed E-state index contributed by atoms with van der Waals surface area (Å²) < 4.78 is 4.74. The van der Waals surface area contributed by atoms with Crippen LogP contribution in [-0.4, -0.2) is 14.1 Å². The molecule has 244 valence electrons. The molecule has 1 atom stereocenters. The number of allylic oxidation sites excluding steroid dienone is 5. The van der Waals surface area contributed by atoms with Crippen molar-refractivity contribution in [3.63, 3.8) is 0 Å². The molecule has 4 aromatic carbocycles. The Morgan fingerprint density at radius 2 is 1.26 bits per heavy atom. The number of nitrogens with zero attached hydrogens (tertiary/aromatic N) is 3. The summed E-state index contributed by atoms with van der Waals surface area (Å²) in [4.78, 5) is 5.14. The van der Waals surface area contributed by atoms with Crippen molar-refractivity contribution in [1.29, 1.82) is 0 Å². The van der Waals surface area contributed by atoms with Gasteiger partial charge in [-0.15, -0.1) is 0 Å². The molecule has 0 spiro atoms. The standard InChI is InChI=1S/C47H41N3/c1-5-9-44-34(4)41-10-6-7-13-47(41)49(44)39-26-22-35(23-27-39)42-11-8-12-43(48-42)36-24-28-40(29-25-36)50-45(37-18-14-32(2)15-19-37)30-31-46(50)38-20-16-33(3)17-21-38/h5-16,18-31,33H,17H2,1-4H3. The van der Waals surface area contributed by atoms with Crippen LogP contribution in [0.3, 0.4) is 0 Å². The first kappa shape index (κ1) is 31.3. The molecule has 0 radical (unpaired) electrons. The second-order valence-corrected chi connectivity index (χ2v) is 13.4. The van der Waals surface area contributed by atoms with Gasteiger partial charge in [0.15, 0.2) is 0 Å². The fourth-order valence-electron chi connectivity index (χ4n) is 7.18. The molecule has 1 aliphatic carbocycles. The number of aryl methyl sites for hydroxylation is 2. The van der Waals surface area contributed by atoms with E-state index in [9.17, 15) is 0 Å². The van der Waals surface area contributed by atoms with E-state index in [4.69, 9.17) is 4.98 Å². The van der Waals surface area contributed by atoms with Gasteiger partial charge in [-0.1, -0.05) is 110 Å². The van der Waals surface area contributed by atoms with Crippen LogP contribution in [0.4, 0.5) is 0 Å². The molecule has 0 saturated heterocycles. The van der Waals surface area contributed by atoms with Crippen molar-refractivity contribution in [1.82, 2.24) is 14.1 Å². The van der Waals surface area contributed by atoms with E-state index in [1.807, 2.05) is 0 Å². The summed E-state index contributed by atoms with van der Waals surface area (Å²) in [6.07, 6.45) is 12.3. The van der Waals surface area contributed by atoms with Crippen LogP contribution in [-0.2, 0) is 0 Å². The van der Waals surface area contributed by atoms with E-state index in [0.717, 1.165) is 40.3 Å². The number of hydrogen-bond donors (Lipinski definition) is 0. The second kappa shape index (κ2) is 13.2. The van der Waals surface area contributed by atoms with Crippen LogP contribution in [0.15, 0.2) is 152 Å². The Kier molecular flexibility index (Phi) is 8.26. The lowest BCUT2D eigenvalue weighted by molar-refractivity contribution is 0.738. The minimum atomic E-state index is 0.569. The van der Waals surface area contributed by atoms with E-state index in [2.05, 4.69) is 195 Å². The van der Waals surface area contributed by atoms with Gasteiger partial charge in [0.25, 0.3) is 0 Å². The third kappa shape index (κ3) is 5.75. The van der Waals surface area contributed by atoms with E-state index in [0.29, 0.717) is 5.92 Å². The van der Waals surface area contributed by atoms with Crippen molar-refractivity contribution in [2.45, 2.75) is 34.1 Å². The van der Waals surface area contributed by atoms with Gasteiger partial charge >= 0.3 is 0 Å². The molecule has 50 heavy (non-hydrogen) atoms. The Morgan fingerprint density at radius 3 is 1.90 bits per heavy atom. The molecule has 0 fully saturated rings. The normalized spacial score (nSPS) is 14.5. The molecule has 7 aromatic rings. The first-order chi connectivity index (χ1) is 24.5. The Labute approximate surface area is 295 Å². The first-order valence-corrected chi connectivity index (χ1v) is 17.6. The van der Waals surface area contributed by atoms with Gasteiger partial charge in [-0.2, -0.15) is 0 Å². The zero-order chi connectivity index (χ0) is 34.2. The molecule has 1 aliphatic rings. The summed E-state index contributed by atoms with van der Waals surface area (Å²) in [6, 6.07) is 45.9. The second-order valence-electron chi connectivity index (χ2n) is 13.4. The van der Waals surface area contributed by atoms with Gasteiger partial charge in [0.2, 0.25) is 0 Å². The van der Waals surface area contributed by atoms with Crippen LogP contribution in [0.2, 0.25) is 0 Å². The van der Waals surface area contributed by atoms with Crippen LogP contribution in [0.25, 0.3) is 67.7 Å². The molecule has 0 amide bonds. The van der Waals surface area contributed by atoms with Crippen LogP contribution in [0.1, 0.15) is 42.8 Å². The van der Waals surface area contributed by atoms with Crippen LogP contribution >= 0.6 is 0 Å². The molecule has 0 saturated carbocycles. The molecule has 3 heterocycles. The van der Waals surface area contributed by atoms with Gasteiger partial charge in [0.05, 0.1) is 28.3 Å². The smallest absolute Gasteiger partial charge is 0.0709 e. The van der Waals surface area contributed by atoms with E-state index >= 15 is 0 Å². The predicted octanol–water partition coefficient (Wildman–Crippen LogP) is 12.4. The molecule has 8 rings (SSSR count). The molecule has 1 unspecified atom stereocenters. The largest absolute Gasteiger partial charge is 0.310 e. The van der Waals surface area contributed by atoms with Crippen molar-refractivity contribution in [2.75, 3.05) is 0 Å². The lowest BCUT2D eigenvalue weighted by Crippen LogP contribution is -2.03. The molecule has 3 aromatic heterocycles. The Bertz CT molecular complexity index is 2410. The minimum Gasteiger partial charge on any atom is -0.310 e.